The molecule has 0 fully saturated rings. The molecule has 0 atom stereocenters. The number of nitrogens with zero attached hydrogens (tertiary/aromatic N) is 1. The molecule has 0 amide bonds. The molecule has 0 N–H and O–H groups in total. The molecule has 0 aliphatic rings. The topological polar surface area (TPSA) is 29.5 Å². The van der Waals surface area contributed by atoms with Gasteiger partial charge in [-0.2, -0.15) is 0 Å². The second kappa shape index (κ2) is 9.50. The van der Waals surface area contributed by atoms with Crippen LogP contribution in [0.1, 0.15) is 49.4 Å². The highest BCUT2D eigenvalue weighted by molar-refractivity contribution is 5.97. The van der Waals surface area contributed by atoms with Crippen LogP contribution in [0.3, 0.4) is 0 Å². The summed E-state index contributed by atoms with van der Waals surface area (Å²) in [5.74, 6) is -0.238. The fourth-order valence-electron chi connectivity index (χ4n) is 2.08. The van der Waals surface area contributed by atoms with E-state index in [0.29, 0.717) is 12.4 Å². The summed E-state index contributed by atoms with van der Waals surface area (Å²) in [6.07, 6.45) is 5.79. The fourth-order valence-corrected chi connectivity index (χ4v) is 2.08. The third-order valence-electron chi connectivity index (χ3n) is 3.22. The maximum Gasteiger partial charge on any atom is 0.179 e. The molecule has 0 aromatic heterocycles. The highest BCUT2D eigenvalue weighted by Crippen LogP contribution is 2.18. The monoisotopic (exact) mass is 295 g/mol. The Hall–Kier alpha value is -1.42. The number of likely N-dealkylation sites (N-methyl/N-ethyl adjacent to an activating group) is 1. The number of carbonyl (C=O) groups is 1. The number of rotatable bonds is 10. The van der Waals surface area contributed by atoms with E-state index in [1.165, 1.54) is 31.4 Å². The lowest BCUT2D eigenvalue weighted by Gasteiger charge is -2.10. The van der Waals surface area contributed by atoms with Gasteiger partial charge in [0, 0.05) is 6.07 Å². The molecule has 0 aliphatic heterocycles. The Kier molecular flexibility index (Phi) is 7.98. The first-order valence-corrected chi connectivity index (χ1v) is 7.65. The van der Waals surface area contributed by atoms with Crippen molar-refractivity contribution in [2.75, 3.05) is 27.2 Å². The van der Waals surface area contributed by atoms with Crippen LogP contribution in [-0.4, -0.2) is 37.9 Å². The van der Waals surface area contributed by atoms with Gasteiger partial charge in [-0.1, -0.05) is 32.6 Å². The Morgan fingerprint density at radius 2 is 1.90 bits per heavy atom. The minimum Gasteiger partial charge on any atom is -0.493 e. The van der Waals surface area contributed by atoms with Crippen molar-refractivity contribution in [2.24, 2.45) is 0 Å². The van der Waals surface area contributed by atoms with Crippen molar-refractivity contribution in [1.29, 1.82) is 0 Å². The Morgan fingerprint density at radius 1 is 1.19 bits per heavy atom. The highest BCUT2D eigenvalue weighted by Gasteiger charge is 2.13. The predicted octanol–water partition coefficient (Wildman–Crippen LogP) is 3.92. The van der Waals surface area contributed by atoms with Crippen LogP contribution in [-0.2, 0) is 0 Å². The number of Topliss-reactive ketones (excluding diaryl/α,β-unsaturated/α-hetero) is 1. The summed E-state index contributed by atoms with van der Waals surface area (Å²) in [6, 6.07) is 4.47. The molecule has 0 bridgehead atoms. The van der Waals surface area contributed by atoms with Crippen molar-refractivity contribution in [1.82, 2.24) is 4.90 Å². The van der Waals surface area contributed by atoms with Gasteiger partial charge in [0.2, 0.25) is 0 Å². The third kappa shape index (κ3) is 6.71. The van der Waals surface area contributed by atoms with E-state index in [4.69, 9.17) is 4.74 Å². The van der Waals surface area contributed by atoms with E-state index in [2.05, 4.69) is 6.92 Å². The molecule has 0 spiro atoms. The lowest BCUT2D eigenvalue weighted by Crippen LogP contribution is -2.22. The van der Waals surface area contributed by atoms with Gasteiger partial charge in [0.1, 0.15) is 11.6 Å². The number of benzene rings is 1. The summed E-state index contributed by atoms with van der Waals surface area (Å²) >= 11 is 0. The predicted molar refractivity (Wildman–Crippen MR) is 83.5 cm³/mol. The van der Waals surface area contributed by atoms with Crippen LogP contribution < -0.4 is 4.74 Å². The molecule has 0 saturated heterocycles. The molecule has 3 nitrogen and oxygen atoms in total. The molecule has 0 unspecified atom stereocenters. The number of unbranched alkanes of at least 4 members (excludes halogenated alkanes) is 4. The van der Waals surface area contributed by atoms with Crippen molar-refractivity contribution in [2.45, 2.75) is 39.0 Å². The van der Waals surface area contributed by atoms with Crippen LogP contribution in [0.5, 0.6) is 5.75 Å². The Bertz CT molecular complexity index is 446. The molecular weight excluding hydrogens is 269 g/mol. The number of hydrogen-bond acceptors (Lipinski definition) is 3. The smallest absolute Gasteiger partial charge is 0.179 e. The van der Waals surface area contributed by atoms with Crippen LogP contribution in [0.15, 0.2) is 18.2 Å². The summed E-state index contributed by atoms with van der Waals surface area (Å²) in [4.78, 5) is 13.6. The van der Waals surface area contributed by atoms with Crippen molar-refractivity contribution < 1.29 is 13.9 Å². The standard InChI is InChI=1S/C17H26FNO2/c1-4-5-6-7-8-11-21-14-9-10-15(16(18)12-14)17(20)13-19(2)3/h9-10,12H,4-8,11,13H2,1-3H3. The first-order chi connectivity index (χ1) is 10.0. The molecule has 0 saturated carbocycles. The molecular formula is C17H26FNO2. The van der Waals surface area contributed by atoms with E-state index in [9.17, 15) is 9.18 Å². The molecule has 4 heteroatoms. The zero-order valence-electron chi connectivity index (χ0n) is 13.3. The van der Waals surface area contributed by atoms with Crippen LogP contribution in [0.25, 0.3) is 0 Å². The molecule has 1 rings (SSSR count). The van der Waals surface area contributed by atoms with E-state index in [1.807, 2.05) is 0 Å². The summed E-state index contributed by atoms with van der Waals surface area (Å²) in [5, 5.41) is 0. The van der Waals surface area contributed by atoms with Crippen molar-refractivity contribution in [3.8, 4) is 5.75 Å². The van der Waals surface area contributed by atoms with Gasteiger partial charge in [0.25, 0.3) is 0 Å². The fraction of sp³-hybridized carbons (Fsp3) is 0.588. The second-order valence-corrected chi connectivity index (χ2v) is 5.57. The minimum atomic E-state index is -0.509. The SMILES string of the molecule is CCCCCCCOc1ccc(C(=O)CN(C)C)c(F)c1. The van der Waals surface area contributed by atoms with Crippen molar-refractivity contribution in [3.63, 3.8) is 0 Å². The average Bonchev–Trinajstić information content (AvgIpc) is 2.42. The molecule has 0 heterocycles. The first-order valence-electron chi connectivity index (χ1n) is 7.65. The molecule has 1 aromatic rings. The molecule has 21 heavy (non-hydrogen) atoms. The van der Waals surface area contributed by atoms with Gasteiger partial charge in [0.15, 0.2) is 5.78 Å². The van der Waals surface area contributed by atoms with Gasteiger partial charge >= 0.3 is 0 Å². The maximum absolute atomic E-state index is 13.9. The Balaban J connectivity index is 2.44. The average molecular weight is 295 g/mol. The van der Waals surface area contributed by atoms with Gasteiger partial charge in [0.05, 0.1) is 18.7 Å². The van der Waals surface area contributed by atoms with Crippen LogP contribution in [0.4, 0.5) is 4.39 Å². The normalized spacial score (nSPS) is 10.9. The zero-order valence-corrected chi connectivity index (χ0v) is 13.3. The third-order valence-corrected chi connectivity index (χ3v) is 3.22. The highest BCUT2D eigenvalue weighted by atomic mass is 19.1. The summed E-state index contributed by atoms with van der Waals surface area (Å²) in [7, 11) is 3.57. The molecule has 1 aromatic carbocycles. The van der Waals surface area contributed by atoms with Crippen molar-refractivity contribution in [3.05, 3.63) is 29.6 Å². The van der Waals surface area contributed by atoms with Gasteiger partial charge in [-0.15, -0.1) is 0 Å². The quantitative estimate of drug-likeness (QED) is 0.484. The zero-order chi connectivity index (χ0) is 15.7. The van der Waals surface area contributed by atoms with E-state index in [-0.39, 0.29) is 17.9 Å². The van der Waals surface area contributed by atoms with Crippen LogP contribution in [0.2, 0.25) is 0 Å². The van der Waals surface area contributed by atoms with Gasteiger partial charge in [-0.3, -0.25) is 4.79 Å². The van der Waals surface area contributed by atoms with Gasteiger partial charge in [-0.05, 0) is 32.6 Å². The van der Waals surface area contributed by atoms with E-state index >= 15 is 0 Å². The van der Waals surface area contributed by atoms with Crippen LogP contribution in [0, 0.1) is 5.82 Å². The number of halogens is 1. The lowest BCUT2D eigenvalue weighted by molar-refractivity contribution is 0.0954. The number of carbonyl (C=O) groups excluding carboxylic acids is 1. The lowest BCUT2D eigenvalue weighted by atomic mass is 10.1. The Labute approximate surface area is 127 Å². The summed E-state index contributed by atoms with van der Waals surface area (Å²) < 4.78 is 19.4. The van der Waals surface area contributed by atoms with Crippen molar-refractivity contribution >= 4 is 5.78 Å². The molecule has 118 valence electrons. The van der Waals surface area contributed by atoms with E-state index in [1.54, 1.807) is 25.1 Å². The van der Waals surface area contributed by atoms with Gasteiger partial charge < -0.3 is 9.64 Å². The largest absolute Gasteiger partial charge is 0.493 e. The minimum absolute atomic E-state index is 0.124. The molecule has 0 aliphatic carbocycles. The van der Waals surface area contributed by atoms with Crippen LogP contribution >= 0.6 is 0 Å². The molecule has 0 radical (unpaired) electrons. The number of hydrogen-bond donors (Lipinski definition) is 0. The number of ether oxygens (including phenoxy) is 1. The number of ketones is 1. The Morgan fingerprint density at radius 3 is 2.52 bits per heavy atom. The van der Waals surface area contributed by atoms with E-state index < -0.39 is 5.82 Å². The summed E-state index contributed by atoms with van der Waals surface area (Å²) in [5.41, 5.74) is 0.124. The summed E-state index contributed by atoms with van der Waals surface area (Å²) in [6.45, 7) is 2.97. The maximum atomic E-state index is 13.9. The first kappa shape index (κ1) is 17.6. The van der Waals surface area contributed by atoms with E-state index in [0.717, 1.165) is 12.8 Å². The second-order valence-electron chi connectivity index (χ2n) is 5.57. The van der Waals surface area contributed by atoms with Gasteiger partial charge in [-0.25, -0.2) is 4.39 Å².